The summed E-state index contributed by atoms with van der Waals surface area (Å²) in [5.74, 6) is -0.192. The molecule has 1 fully saturated rings. The summed E-state index contributed by atoms with van der Waals surface area (Å²) in [7, 11) is -3.62. The van der Waals surface area contributed by atoms with Crippen LogP contribution >= 0.6 is 15.9 Å². The van der Waals surface area contributed by atoms with Gasteiger partial charge in [0, 0.05) is 34.7 Å². The van der Waals surface area contributed by atoms with Gasteiger partial charge in [0.25, 0.3) is 5.91 Å². The fraction of sp³-hybridized carbons (Fsp3) is 0.263. The number of nitrogens with one attached hydrogen (secondary N) is 3. The fourth-order valence-corrected chi connectivity index (χ4v) is 3.75. The number of amides is 2. The number of hydrogen-bond acceptors (Lipinski definition) is 4. The summed E-state index contributed by atoms with van der Waals surface area (Å²) >= 11 is 3.26. The van der Waals surface area contributed by atoms with E-state index in [-0.39, 0.29) is 35.7 Å². The molecule has 2 aromatic carbocycles. The molecule has 0 atom stereocenters. The lowest BCUT2D eigenvalue weighted by Gasteiger charge is -2.09. The van der Waals surface area contributed by atoms with Gasteiger partial charge in [0.2, 0.25) is 15.9 Å². The third kappa shape index (κ3) is 5.63. The molecule has 0 bridgehead atoms. The second kappa shape index (κ2) is 8.85. The van der Waals surface area contributed by atoms with Crippen LogP contribution in [-0.4, -0.2) is 33.3 Å². The van der Waals surface area contributed by atoms with Crippen LogP contribution in [0.1, 0.15) is 23.2 Å². The molecule has 0 radical (unpaired) electrons. The van der Waals surface area contributed by atoms with Crippen LogP contribution in [0.4, 0.5) is 5.69 Å². The molecule has 0 aliphatic heterocycles. The molecule has 3 rings (SSSR count). The number of rotatable bonds is 8. The highest BCUT2D eigenvalue weighted by molar-refractivity contribution is 9.10. The first-order valence-corrected chi connectivity index (χ1v) is 11.1. The van der Waals surface area contributed by atoms with E-state index in [1.165, 1.54) is 12.1 Å². The Morgan fingerprint density at radius 1 is 0.964 bits per heavy atom. The van der Waals surface area contributed by atoms with Crippen molar-refractivity contribution in [2.45, 2.75) is 17.7 Å². The van der Waals surface area contributed by atoms with E-state index in [2.05, 4.69) is 31.3 Å². The van der Waals surface area contributed by atoms with Gasteiger partial charge in [0.1, 0.15) is 0 Å². The van der Waals surface area contributed by atoms with Gasteiger partial charge in [0.15, 0.2) is 0 Å². The average molecular weight is 466 g/mol. The molecule has 0 aromatic heterocycles. The third-order valence-electron chi connectivity index (χ3n) is 4.19. The summed E-state index contributed by atoms with van der Waals surface area (Å²) in [5.41, 5.74) is 1.08. The third-order valence-corrected chi connectivity index (χ3v) is 6.19. The molecule has 1 saturated carbocycles. The van der Waals surface area contributed by atoms with Gasteiger partial charge in [-0.1, -0.05) is 15.9 Å². The van der Waals surface area contributed by atoms with Crippen molar-refractivity contribution in [2.24, 2.45) is 5.92 Å². The van der Waals surface area contributed by atoms with Crippen molar-refractivity contribution in [1.82, 2.24) is 10.0 Å². The Labute approximate surface area is 172 Å². The minimum absolute atomic E-state index is 0.00950. The number of halogens is 1. The normalized spacial score (nSPS) is 13.8. The molecule has 0 spiro atoms. The summed E-state index contributed by atoms with van der Waals surface area (Å²) in [6, 6.07) is 12.9. The number of hydrogen-bond donors (Lipinski definition) is 3. The van der Waals surface area contributed by atoms with E-state index in [0.717, 1.165) is 17.3 Å². The van der Waals surface area contributed by atoms with Crippen LogP contribution in [0.15, 0.2) is 57.9 Å². The van der Waals surface area contributed by atoms with Gasteiger partial charge >= 0.3 is 0 Å². The van der Waals surface area contributed by atoms with E-state index in [0.29, 0.717) is 11.3 Å². The predicted molar refractivity (Wildman–Crippen MR) is 109 cm³/mol. The minimum atomic E-state index is -3.62. The molecular weight excluding hydrogens is 446 g/mol. The Hall–Kier alpha value is -2.23. The maximum atomic E-state index is 12.2. The predicted octanol–water partition coefficient (Wildman–Crippen LogP) is 2.51. The molecular formula is C19H20BrN3O4S. The van der Waals surface area contributed by atoms with Crippen LogP contribution in [-0.2, 0) is 14.8 Å². The lowest BCUT2D eigenvalue weighted by molar-refractivity contribution is -0.117. The largest absolute Gasteiger partial charge is 0.351 e. The molecule has 0 heterocycles. The molecule has 9 heteroatoms. The highest BCUT2D eigenvalue weighted by Crippen LogP contribution is 2.30. The average Bonchev–Trinajstić information content (AvgIpc) is 3.51. The van der Waals surface area contributed by atoms with Gasteiger partial charge < -0.3 is 10.6 Å². The second-order valence-corrected chi connectivity index (χ2v) is 9.13. The van der Waals surface area contributed by atoms with E-state index in [1.54, 1.807) is 36.4 Å². The van der Waals surface area contributed by atoms with Crippen LogP contribution in [0.3, 0.4) is 0 Å². The first-order chi connectivity index (χ1) is 13.3. The number of carbonyl (C=O) groups excluding carboxylic acids is 2. The molecule has 0 saturated heterocycles. The van der Waals surface area contributed by atoms with Crippen LogP contribution in [0.2, 0.25) is 0 Å². The van der Waals surface area contributed by atoms with Gasteiger partial charge in [-0.2, -0.15) is 0 Å². The van der Waals surface area contributed by atoms with Gasteiger partial charge in [-0.15, -0.1) is 0 Å². The summed E-state index contributed by atoms with van der Waals surface area (Å²) < 4.78 is 27.6. The second-order valence-electron chi connectivity index (χ2n) is 6.45. The van der Waals surface area contributed by atoms with E-state index in [9.17, 15) is 18.0 Å². The quantitative estimate of drug-likeness (QED) is 0.520. The molecule has 28 heavy (non-hydrogen) atoms. The lowest BCUT2D eigenvalue weighted by atomic mass is 10.2. The number of benzene rings is 2. The standard InChI is InChI=1S/C19H20BrN3O4S/c20-15-5-9-17(10-6-15)28(26,27)22-12-11-21-18(24)13-3-7-16(8-4-13)23-19(25)14-1-2-14/h3-10,14,22H,1-2,11-12H2,(H,21,24)(H,23,25). The van der Waals surface area contributed by atoms with Crippen molar-refractivity contribution in [2.75, 3.05) is 18.4 Å². The Morgan fingerprint density at radius 2 is 1.61 bits per heavy atom. The van der Waals surface area contributed by atoms with Crippen LogP contribution in [0, 0.1) is 5.92 Å². The highest BCUT2D eigenvalue weighted by Gasteiger charge is 2.29. The van der Waals surface area contributed by atoms with Gasteiger partial charge in [-0.3, -0.25) is 9.59 Å². The van der Waals surface area contributed by atoms with E-state index in [4.69, 9.17) is 0 Å². The van der Waals surface area contributed by atoms with Crippen LogP contribution < -0.4 is 15.4 Å². The van der Waals surface area contributed by atoms with Crippen LogP contribution in [0.25, 0.3) is 0 Å². The summed E-state index contributed by atoms with van der Waals surface area (Å²) in [5, 5.41) is 5.47. The molecule has 3 N–H and O–H groups in total. The highest BCUT2D eigenvalue weighted by atomic mass is 79.9. The van der Waals surface area contributed by atoms with E-state index < -0.39 is 10.0 Å². The first-order valence-electron chi connectivity index (χ1n) is 8.79. The Morgan fingerprint density at radius 3 is 2.21 bits per heavy atom. The maximum Gasteiger partial charge on any atom is 0.251 e. The van der Waals surface area contributed by atoms with Crippen molar-refractivity contribution in [3.05, 3.63) is 58.6 Å². The summed E-state index contributed by atoms with van der Waals surface area (Å²) in [6.45, 7) is 0.217. The smallest absolute Gasteiger partial charge is 0.251 e. The zero-order chi connectivity index (χ0) is 20.1. The Kier molecular flexibility index (Phi) is 6.48. The first kappa shape index (κ1) is 20.5. The van der Waals surface area contributed by atoms with Gasteiger partial charge in [-0.05, 0) is 61.4 Å². The van der Waals surface area contributed by atoms with Crippen molar-refractivity contribution in [1.29, 1.82) is 0 Å². The number of anilines is 1. The molecule has 2 aromatic rings. The molecule has 148 valence electrons. The SMILES string of the molecule is O=C(NCCNS(=O)(=O)c1ccc(Br)cc1)c1ccc(NC(=O)C2CC2)cc1. The number of carbonyl (C=O) groups is 2. The maximum absolute atomic E-state index is 12.2. The monoisotopic (exact) mass is 465 g/mol. The topological polar surface area (TPSA) is 104 Å². The Bertz CT molecular complexity index is 956. The molecule has 1 aliphatic carbocycles. The lowest BCUT2D eigenvalue weighted by Crippen LogP contribution is -2.34. The van der Waals surface area contributed by atoms with Gasteiger partial charge in [-0.25, -0.2) is 13.1 Å². The zero-order valence-electron chi connectivity index (χ0n) is 14.9. The number of sulfonamides is 1. The summed E-state index contributed by atoms with van der Waals surface area (Å²) in [6.07, 6.45) is 1.86. The molecule has 7 nitrogen and oxygen atoms in total. The van der Waals surface area contributed by atoms with E-state index in [1.807, 2.05) is 0 Å². The molecule has 0 unspecified atom stereocenters. The molecule has 2 amide bonds. The van der Waals surface area contributed by atoms with Crippen LogP contribution in [0.5, 0.6) is 0 Å². The van der Waals surface area contributed by atoms with Crippen molar-refractivity contribution in [3.8, 4) is 0 Å². The van der Waals surface area contributed by atoms with Crippen molar-refractivity contribution in [3.63, 3.8) is 0 Å². The minimum Gasteiger partial charge on any atom is -0.351 e. The Balaban J connectivity index is 1.44. The summed E-state index contributed by atoms with van der Waals surface area (Å²) in [4.78, 5) is 24.0. The van der Waals surface area contributed by atoms with Gasteiger partial charge in [0.05, 0.1) is 4.90 Å². The fourth-order valence-electron chi connectivity index (χ4n) is 2.46. The van der Waals surface area contributed by atoms with E-state index >= 15 is 0 Å². The van der Waals surface area contributed by atoms with Crippen molar-refractivity contribution < 1.29 is 18.0 Å². The van der Waals surface area contributed by atoms with Crippen molar-refractivity contribution >= 4 is 43.5 Å². The zero-order valence-corrected chi connectivity index (χ0v) is 17.3. The molecule has 1 aliphatic rings.